The first-order valence-corrected chi connectivity index (χ1v) is 12.3. The number of carbonyl (C=O) groups excluding carboxylic acids is 1. The van der Waals surface area contributed by atoms with E-state index < -0.39 is 5.54 Å². The number of nitrogens with one attached hydrogen (secondary N) is 2. The summed E-state index contributed by atoms with van der Waals surface area (Å²) in [5, 5.41) is 9.60. The van der Waals surface area contributed by atoms with Crippen LogP contribution in [0.25, 0.3) is 0 Å². The first kappa shape index (κ1) is 25.7. The highest BCUT2D eigenvalue weighted by atomic mass is 35.5. The van der Waals surface area contributed by atoms with E-state index in [1.807, 2.05) is 78.9 Å². The standard InChI is InChI=1S/C28H30ClN3O4/c29-24-11-7-21(8-12-24)15-16-30-32-27(34)28(19-22-5-2-1-3-6-22)20-36-26(31-28)23-9-13-25(14-10-23)35-18-4-17-33/h1-3,5-14,30,33H,4,15-20H2,(H,32,34)/t28-/m0/s1. The maximum atomic E-state index is 13.4. The fraction of sp³-hybridized carbons (Fsp3) is 0.286. The molecular formula is C28H30ClN3O4. The number of aliphatic hydroxyl groups excluding tert-OH is 1. The number of hydrogen-bond donors (Lipinski definition) is 3. The lowest BCUT2D eigenvalue weighted by Crippen LogP contribution is -2.53. The van der Waals surface area contributed by atoms with Crippen molar-refractivity contribution in [2.75, 3.05) is 26.4 Å². The van der Waals surface area contributed by atoms with E-state index in [2.05, 4.69) is 10.9 Å². The van der Waals surface area contributed by atoms with Gasteiger partial charge in [0.15, 0.2) is 5.54 Å². The van der Waals surface area contributed by atoms with Gasteiger partial charge in [-0.15, -0.1) is 0 Å². The smallest absolute Gasteiger partial charge is 0.266 e. The lowest BCUT2D eigenvalue weighted by molar-refractivity contribution is -0.127. The zero-order valence-electron chi connectivity index (χ0n) is 20.0. The molecule has 7 nitrogen and oxygen atoms in total. The van der Waals surface area contributed by atoms with Gasteiger partial charge in [-0.1, -0.05) is 54.1 Å². The Morgan fingerprint density at radius 3 is 2.50 bits per heavy atom. The van der Waals surface area contributed by atoms with Crippen LogP contribution in [-0.2, 0) is 22.4 Å². The third-order valence-corrected chi connectivity index (χ3v) is 6.10. The topological polar surface area (TPSA) is 92.2 Å². The summed E-state index contributed by atoms with van der Waals surface area (Å²) < 4.78 is 11.5. The molecule has 1 heterocycles. The van der Waals surface area contributed by atoms with Gasteiger partial charge in [-0.25, -0.2) is 10.4 Å². The van der Waals surface area contributed by atoms with E-state index in [1.54, 1.807) is 0 Å². The molecule has 1 amide bonds. The van der Waals surface area contributed by atoms with Crippen LogP contribution in [0.1, 0.15) is 23.1 Å². The Bertz CT molecular complexity index is 1150. The van der Waals surface area contributed by atoms with Gasteiger partial charge >= 0.3 is 0 Å². The van der Waals surface area contributed by atoms with Crippen LogP contribution in [0.4, 0.5) is 0 Å². The summed E-state index contributed by atoms with van der Waals surface area (Å²) in [7, 11) is 0. The molecule has 3 aromatic carbocycles. The number of halogens is 1. The zero-order valence-corrected chi connectivity index (χ0v) is 20.7. The van der Waals surface area contributed by atoms with E-state index in [4.69, 9.17) is 31.2 Å². The first-order chi connectivity index (χ1) is 17.6. The quantitative estimate of drug-likeness (QED) is 0.257. The molecule has 0 unspecified atom stereocenters. The molecule has 0 saturated heterocycles. The van der Waals surface area contributed by atoms with Gasteiger partial charge in [-0.3, -0.25) is 10.2 Å². The minimum atomic E-state index is -1.10. The highest BCUT2D eigenvalue weighted by molar-refractivity contribution is 6.30. The molecule has 0 saturated carbocycles. The molecule has 0 aliphatic carbocycles. The number of aliphatic hydroxyl groups is 1. The Labute approximate surface area is 216 Å². The van der Waals surface area contributed by atoms with E-state index in [-0.39, 0.29) is 19.1 Å². The highest BCUT2D eigenvalue weighted by Crippen LogP contribution is 2.27. The minimum absolute atomic E-state index is 0.0876. The van der Waals surface area contributed by atoms with Gasteiger partial charge in [-0.05, 0) is 53.9 Å². The fourth-order valence-corrected chi connectivity index (χ4v) is 4.01. The molecule has 1 aliphatic heterocycles. The molecule has 4 rings (SSSR count). The van der Waals surface area contributed by atoms with Crippen LogP contribution in [0, 0.1) is 0 Å². The second kappa shape index (κ2) is 12.5. The number of aliphatic imine (C=N–C) groups is 1. The molecule has 1 aliphatic rings. The monoisotopic (exact) mass is 507 g/mol. The summed E-state index contributed by atoms with van der Waals surface area (Å²) in [4.78, 5) is 18.2. The van der Waals surface area contributed by atoms with E-state index in [0.29, 0.717) is 42.7 Å². The van der Waals surface area contributed by atoms with Gasteiger partial charge in [0.2, 0.25) is 5.90 Å². The van der Waals surface area contributed by atoms with Crippen molar-refractivity contribution in [3.8, 4) is 5.75 Å². The van der Waals surface area contributed by atoms with Gasteiger partial charge in [0.1, 0.15) is 12.4 Å². The second-order valence-electron chi connectivity index (χ2n) is 8.61. The number of amides is 1. The molecule has 3 aromatic rings. The number of carbonyl (C=O) groups is 1. The maximum absolute atomic E-state index is 13.4. The van der Waals surface area contributed by atoms with Crippen LogP contribution < -0.4 is 15.6 Å². The Hall–Kier alpha value is -3.39. The van der Waals surface area contributed by atoms with Gasteiger partial charge in [0.25, 0.3) is 5.91 Å². The number of rotatable bonds is 12. The van der Waals surface area contributed by atoms with Crippen LogP contribution in [0.5, 0.6) is 5.75 Å². The number of hydrazine groups is 1. The second-order valence-corrected chi connectivity index (χ2v) is 9.04. The molecule has 0 aromatic heterocycles. The van der Waals surface area contributed by atoms with Crippen LogP contribution in [0.2, 0.25) is 5.02 Å². The van der Waals surface area contributed by atoms with Crippen molar-refractivity contribution < 1.29 is 19.4 Å². The number of ether oxygens (including phenoxy) is 2. The van der Waals surface area contributed by atoms with Crippen LogP contribution in [-0.4, -0.2) is 48.8 Å². The molecule has 3 N–H and O–H groups in total. The molecule has 8 heteroatoms. The summed E-state index contributed by atoms with van der Waals surface area (Å²) in [5.41, 5.74) is 7.65. The molecule has 36 heavy (non-hydrogen) atoms. The van der Waals surface area contributed by atoms with Crippen molar-refractivity contribution in [3.63, 3.8) is 0 Å². The van der Waals surface area contributed by atoms with E-state index in [9.17, 15) is 4.79 Å². The van der Waals surface area contributed by atoms with Gasteiger partial charge < -0.3 is 14.6 Å². The number of hydrogen-bond acceptors (Lipinski definition) is 6. The van der Waals surface area contributed by atoms with E-state index in [0.717, 1.165) is 23.1 Å². The summed E-state index contributed by atoms with van der Waals surface area (Å²) in [6.07, 6.45) is 1.72. The minimum Gasteiger partial charge on any atom is -0.494 e. The van der Waals surface area contributed by atoms with Gasteiger partial charge in [0.05, 0.1) is 6.61 Å². The highest BCUT2D eigenvalue weighted by Gasteiger charge is 2.44. The number of nitrogens with zero attached hydrogens (tertiary/aromatic N) is 1. The van der Waals surface area contributed by atoms with Crippen molar-refractivity contribution in [2.24, 2.45) is 4.99 Å². The van der Waals surface area contributed by atoms with Crippen molar-refractivity contribution in [2.45, 2.75) is 24.8 Å². The summed E-state index contributed by atoms with van der Waals surface area (Å²) in [6, 6.07) is 24.8. The molecule has 188 valence electrons. The molecule has 0 radical (unpaired) electrons. The van der Waals surface area contributed by atoms with Crippen molar-refractivity contribution in [1.29, 1.82) is 0 Å². The molecule has 1 atom stereocenters. The van der Waals surface area contributed by atoms with E-state index >= 15 is 0 Å². The maximum Gasteiger partial charge on any atom is 0.266 e. The van der Waals surface area contributed by atoms with Gasteiger partial charge in [0, 0.05) is 36.6 Å². The Kier molecular flexibility index (Phi) is 8.95. The normalized spacial score (nSPS) is 16.8. The summed E-state index contributed by atoms with van der Waals surface area (Å²) in [5.74, 6) is 0.870. The van der Waals surface area contributed by atoms with Crippen LogP contribution in [0.15, 0.2) is 83.9 Å². The predicted molar refractivity (Wildman–Crippen MR) is 140 cm³/mol. The number of benzene rings is 3. The molecule has 0 fully saturated rings. The Balaban J connectivity index is 1.44. The van der Waals surface area contributed by atoms with Crippen LogP contribution >= 0.6 is 11.6 Å². The lowest BCUT2D eigenvalue weighted by Gasteiger charge is -2.23. The summed E-state index contributed by atoms with van der Waals surface area (Å²) in [6.45, 7) is 1.23. The molecule has 0 bridgehead atoms. The first-order valence-electron chi connectivity index (χ1n) is 12.0. The molecule has 0 spiro atoms. The Morgan fingerprint density at radius 1 is 1.03 bits per heavy atom. The fourth-order valence-electron chi connectivity index (χ4n) is 3.88. The summed E-state index contributed by atoms with van der Waals surface area (Å²) >= 11 is 5.95. The van der Waals surface area contributed by atoms with E-state index in [1.165, 1.54) is 0 Å². The SMILES string of the molecule is O=C(NNCCc1ccc(Cl)cc1)[C@]1(Cc2ccccc2)COC(c2ccc(OCCCO)cc2)=N1. The largest absolute Gasteiger partial charge is 0.494 e. The zero-order chi connectivity index (χ0) is 25.2. The third-order valence-electron chi connectivity index (χ3n) is 5.85. The van der Waals surface area contributed by atoms with Crippen molar-refractivity contribution >= 4 is 23.4 Å². The van der Waals surface area contributed by atoms with Gasteiger partial charge in [-0.2, -0.15) is 0 Å². The third kappa shape index (κ3) is 6.85. The molecular weight excluding hydrogens is 478 g/mol. The predicted octanol–water partition coefficient (Wildman–Crippen LogP) is 3.72. The average Bonchev–Trinajstić information content (AvgIpc) is 3.34. The van der Waals surface area contributed by atoms with Crippen LogP contribution in [0.3, 0.4) is 0 Å². The van der Waals surface area contributed by atoms with Crippen molar-refractivity contribution in [1.82, 2.24) is 10.9 Å². The van der Waals surface area contributed by atoms with Crippen molar-refractivity contribution in [3.05, 3.63) is 101 Å². The average molecular weight is 508 g/mol. The Morgan fingerprint density at radius 2 is 1.78 bits per heavy atom. The lowest BCUT2D eigenvalue weighted by atomic mass is 9.91.